The van der Waals surface area contributed by atoms with Crippen molar-refractivity contribution in [1.29, 1.82) is 0 Å². The monoisotopic (exact) mass is 339 g/mol. The van der Waals surface area contributed by atoms with E-state index in [-0.39, 0.29) is 11.9 Å². The normalized spacial score (nSPS) is 12.4. The van der Waals surface area contributed by atoms with Gasteiger partial charge in [0.2, 0.25) is 5.91 Å². The molecule has 0 aliphatic heterocycles. The van der Waals surface area contributed by atoms with E-state index < -0.39 is 0 Å². The van der Waals surface area contributed by atoms with E-state index in [9.17, 15) is 4.79 Å². The lowest BCUT2D eigenvalue weighted by Crippen LogP contribution is -2.27. The zero-order valence-electron chi connectivity index (χ0n) is 12.7. The number of thiophene rings is 2. The van der Waals surface area contributed by atoms with Crippen LogP contribution in [0.2, 0.25) is 0 Å². The van der Waals surface area contributed by atoms with Gasteiger partial charge >= 0.3 is 0 Å². The zero-order valence-corrected chi connectivity index (χ0v) is 14.4. The highest BCUT2D eigenvalue weighted by Gasteiger charge is 2.16. The third-order valence-corrected chi connectivity index (χ3v) is 5.24. The van der Waals surface area contributed by atoms with Crippen molar-refractivity contribution in [3.63, 3.8) is 0 Å². The second-order valence-electron chi connectivity index (χ2n) is 5.22. The summed E-state index contributed by atoms with van der Waals surface area (Å²) in [5.41, 5.74) is 2.30. The number of carbonyl (C=O) groups excluding carboxylic acids is 1. The van der Waals surface area contributed by atoms with Crippen LogP contribution >= 0.6 is 22.7 Å². The van der Waals surface area contributed by atoms with E-state index in [4.69, 9.17) is 0 Å². The third kappa shape index (κ3) is 4.18. The van der Waals surface area contributed by atoms with Crippen molar-refractivity contribution >= 4 is 34.7 Å². The molecule has 0 bridgehead atoms. The molecule has 0 saturated carbocycles. The summed E-state index contributed by atoms with van der Waals surface area (Å²) in [6.45, 7) is 2.06. The molecule has 3 rings (SSSR count). The van der Waals surface area contributed by atoms with Gasteiger partial charge in [-0.1, -0.05) is 42.0 Å². The molecule has 116 valence electrons. The van der Waals surface area contributed by atoms with E-state index in [2.05, 4.69) is 42.6 Å². The minimum absolute atomic E-state index is 0.0858. The third-order valence-electron chi connectivity index (χ3n) is 3.47. The number of nitrogens with one attached hydrogen (secondary N) is 1. The van der Waals surface area contributed by atoms with E-state index >= 15 is 0 Å². The van der Waals surface area contributed by atoms with Crippen LogP contribution in [0, 0.1) is 6.92 Å². The highest BCUT2D eigenvalue weighted by atomic mass is 32.1. The van der Waals surface area contributed by atoms with E-state index in [1.807, 2.05) is 35.0 Å². The standard InChI is InChI=1S/C19H17NOS2/c1-14-6-8-15(9-7-14)19(17-5-3-13-23-17)20-18(21)11-10-16-4-2-12-22-16/h2-13,19H,1H3,(H,20,21)/b11-10+/t19-/m0/s1. The molecule has 0 fully saturated rings. The van der Waals surface area contributed by atoms with Crippen LogP contribution in [0.5, 0.6) is 0 Å². The number of rotatable bonds is 5. The van der Waals surface area contributed by atoms with E-state index in [1.54, 1.807) is 28.7 Å². The Balaban J connectivity index is 1.79. The van der Waals surface area contributed by atoms with Gasteiger partial charge in [0.15, 0.2) is 0 Å². The molecular weight excluding hydrogens is 322 g/mol. The van der Waals surface area contributed by atoms with Crippen LogP contribution in [0.1, 0.15) is 26.9 Å². The molecule has 1 atom stereocenters. The van der Waals surface area contributed by atoms with Gasteiger partial charge in [-0.05, 0) is 41.5 Å². The fourth-order valence-electron chi connectivity index (χ4n) is 2.27. The van der Waals surface area contributed by atoms with Crippen molar-refractivity contribution in [3.05, 3.63) is 86.2 Å². The average molecular weight is 339 g/mol. The minimum atomic E-state index is -0.115. The summed E-state index contributed by atoms with van der Waals surface area (Å²) in [7, 11) is 0. The molecule has 0 aliphatic rings. The van der Waals surface area contributed by atoms with Gasteiger partial charge in [-0.3, -0.25) is 4.79 Å². The van der Waals surface area contributed by atoms with E-state index in [0.29, 0.717) is 0 Å². The fraction of sp³-hybridized carbons (Fsp3) is 0.105. The SMILES string of the molecule is Cc1ccc([C@H](NC(=O)/C=C/c2cccs2)c2cccs2)cc1. The molecule has 2 nitrogen and oxygen atoms in total. The summed E-state index contributed by atoms with van der Waals surface area (Å²) in [6.07, 6.45) is 3.45. The molecule has 0 spiro atoms. The van der Waals surface area contributed by atoms with Crippen molar-refractivity contribution in [2.45, 2.75) is 13.0 Å². The topological polar surface area (TPSA) is 29.1 Å². The van der Waals surface area contributed by atoms with Gasteiger partial charge in [-0.15, -0.1) is 22.7 Å². The lowest BCUT2D eigenvalue weighted by atomic mass is 10.0. The van der Waals surface area contributed by atoms with E-state index in [0.717, 1.165) is 15.3 Å². The Hall–Kier alpha value is -2.17. The Labute approximate surface area is 144 Å². The molecule has 4 heteroatoms. The molecule has 1 amide bonds. The van der Waals surface area contributed by atoms with Crippen LogP contribution in [-0.4, -0.2) is 5.91 Å². The van der Waals surface area contributed by atoms with Gasteiger partial charge in [0.1, 0.15) is 0 Å². The molecule has 2 aromatic heterocycles. The first-order chi connectivity index (χ1) is 11.2. The largest absolute Gasteiger partial charge is 0.341 e. The Morgan fingerprint density at radius 1 is 1.04 bits per heavy atom. The molecule has 0 unspecified atom stereocenters. The van der Waals surface area contributed by atoms with Crippen LogP contribution in [0.3, 0.4) is 0 Å². The first-order valence-corrected chi connectivity index (χ1v) is 9.10. The molecule has 0 aliphatic carbocycles. The van der Waals surface area contributed by atoms with Gasteiger partial charge in [0.05, 0.1) is 6.04 Å². The smallest absolute Gasteiger partial charge is 0.244 e. The van der Waals surface area contributed by atoms with Crippen LogP contribution in [-0.2, 0) is 4.79 Å². The molecule has 23 heavy (non-hydrogen) atoms. The molecule has 3 aromatic rings. The highest BCUT2D eigenvalue weighted by molar-refractivity contribution is 7.10. The summed E-state index contributed by atoms with van der Waals surface area (Å²) in [5, 5.41) is 7.14. The zero-order chi connectivity index (χ0) is 16.1. The summed E-state index contributed by atoms with van der Waals surface area (Å²) >= 11 is 3.27. The second kappa shape index (κ2) is 7.40. The van der Waals surface area contributed by atoms with Crippen molar-refractivity contribution < 1.29 is 4.79 Å². The van der Waals surface area contributed by atoms with Crippen LogP contribution in [0.25, 0.3) is 6.08 Å². The van der Waals surface area contributed by atoms with Crippen LogP contribution in [0.4, 0.5) is 0 Å². The molecular formula is C19H17NOS2. The van der Waals surface area contributed by atoms with Crippen LogP contribution in [0.15, 0.2) is 65.4 Å². The lowest BCUT2D eigenvalue weighted by Gasteiger charge is -2.17. The molecule has 0 saturated heterocycles. The van der Waals surface area contributed by atoms with Crippen molar-refractivity contribution in [3.8, 4) is 0 Å². The first kappa shape index (κ1) is 15.7. The maximum Gasteiger partial charge on any atom is 0.244 e. The lowest BCUT2D eigenvalue weighted by molar-refractivity contribution is -0.116. The predicted octanol–water partition coefficient (Wildman–Crippen LogP) is 5.04. The number of amides is 1. The first-order valence-electron chi connectivity index (χ1n) is 7.34. The van der Waals surface area contributed by atoms with Crippen molar-refractivity contribution in [2.24, 2.45) is 0 Å². The summed E-state index contributed by atoms with van der Waals surface area (Å²) < 4.78 is 0. The van der Waals surface area contributed by atoms with Gasteiger partial charge in [-0.25, -0.2) is 0 Å². The number of carbonyl (C=O) groups is 1. The summed E-state index contributed by atoms with van der Waals surface area (Å²) in [4.78, 5) is 14.5. The molecule has 1 N–H and O–H groups in total. The maximum absolute atomic E-state index is 12.3. The quantitative estimate of drug-likeness (QED) is 0.649. The molecule has 1 aromatic carbocycles. The van der Waals surface area contributed by atoms with E-state index in [1.165, 1.54) is 5.56 Å². The molecule has 0 radical (unpaired) electrons. The Kier molecular flexibility index (Phi) is 5.05. The maximum atomic E-state index is 12.3. The number of benzene rings is 1. The predicted molar refractivity (Wildman–Crippen MR) is 98.8 cm³/mol. The average Bonchev–Trinajstić information content (AvgIpc) is 3.25. The van der Waals surface area contributed by atoms with Crippen molar-refractivity contribution in [2.75, 3.05) is 0 Å². The van der Waals surface area contributed by atoms with Gasteiger partial charge in [-0.2, -0.15) is 0 Å². The minimum Gasteiger partial charge on any atom is -0.341 e. The number of aryl methyl sites for hydroxylation is 1. The highest BCUT2D eigenvalue weighted by Crippen LogP contribution is 2.26. The Morgan fingerprint density at radius 3 is 2.43 bits per heavy atom. The molecule has 2 heterocycles. The van der Waals surface area contributed by atoms with Crippen LogP contribution < -0.4 is 5.32 Å². The number of hydrogen-bond donors (Lipinski definition) is 1. The van der Waals surface area contributed by atoms with Gasteiger partial charge in [0.25, 0.3) is 0 Å². The number of hydrogen-bond acceptors (Lipinski definition) is 3. The van der Waals surface area contributed by atoms with Gasteiger partial charge < -0.3 is 5.32 Å². The van der Waals surface area contributed by atoms with Gasteiger partial charge in [0, 0.05) is 15.8 Å². The Bertz CT molecular complexity index is 771. The Morgan fingerprint density at radius 2 is 1.78 bits per heavy atom. The second-order valence-corrected chi connectivity index (χ2v) is 7.18. The fourth-order valence-corrected chi connectivity index (χ4v) is 3.69. The summed E-state index contributed by atoms with van der Waals surface area (Å²) in [6, 6.07) is 16.2. The summed E-state index contributed by atoms with van der Waals surface area (Å²) in [5.74, 6) is -0.0858. The van der Waals surface area contributed by atoms with Crippen molar-refractivity contribution in [1.82, 2.24) is 5.32 Å².